The average Bonchev–Trinajstić information content (AvgIpc) is 2.98. The number of benzene rings is 6. The van der Waals surface area contributed by atoms with Gasteiger partial charge in [-0.25, -0.2) is 0 Å². The molecule has 0 aliphatic carbocycles. The zero-order valence-corrected chi connectivity index (χ0v) is 22.3. The summed E-state index contributed by atoms with van der Waals surface area (Å²) in [5, 5.41) is 9.36. The van der Waals surface area contributed by atoms with Crippen molar-refractivity contribution in [3.63, 3.8) is 0 Å². The van der Waals surface area contributed by atoms with Crippen molar-refractivity contribution in [2.75, 3.05) is 7.11 Å². The highest BCUT2D eigenvalue weighted by atomic mass is 35.5. The van der Waals surface area contributed by atoms with Gasteiger partial charge in [-0.05, 0) is 59.3 Å². The second-order valence-corrected chi connectivity index (χ2v) is 13.1. The zero-order valence-electron chi connectivity index (χ0n) is 20.6. The van der Waals surface area contributed by atoms with E-state index in [1.165, 1.54) is 21.5 Å². The Balaban J connectivity index is 1.60. The Morgan fingerprint density at radius 1 is 0.514 bits per heavy atom. The van der Waals surface area contributed by atoms with Gasteiger partial charge in [0.2, 0.25) is 0 Å². The van der Waals surface area contributed by atoms with E-state index in [1.807, 2.05) is 12.1 Å². The number of fused-ring (bicyclic) bond motifs is 3. The van der Waals surface area contributed by atoms with E-state index >= 15 is 0 Å². The highest BCUT2D eigenvalue weighted by Gasteiger charge is 2.45. The van der Waals surface area contributed by atoms with Gasteiger partial charge in [0.05, 0.1) is 18.3 Å². The van der Waals surface area contributed by atoms with Crippen LogP contribution in [-0.2, 0) is 6.16 Å². The number of halogens is 1. The van der Waals surface area contributed by atoms with E-state index in [0.29, 0.717) is 0 Å². The molecule has 0 amide bonds. The van der Waals surface area contributed by atoms with E-state index in [4.69, 9.17) is 16.3 Å². The third kappa shape index (κ3) is 4.09. The molecule has 3 heteroatoms. The van der Waals surface area contributed by atoms with Crippen LogP contribution < -0.4 is 20.7 Å². The molecule has 180 valence electrons. The van der Waals surface area contributed by atoms with Gasteiger partial charge >= 0.3 is 0 Å². The van der Waals surface area contributed by atoms with Crippen LogP contribution in [0.4, 0.5) is 0 Å². The Morgan fingerprint density at radius 3 is 1.54 bits per heavy atom. The van der Waals surface area contributed by atoms with Crippen molar-refractivity contribution in [2.24, 2.45) is 0 Å². The molecule has 0 aliphatic heterocycles. The van der Waals surface area contributed by atoms with E-state index in [1.54, 1.807) is 7.11 Å². The topological polar surface area (TPSA) is 9.23 Å². The number of methoxy groups -OCH3 is 1. The summed E-state index contributed by atoms with van der Waals surface area (Å²) in [7, 11) is -0.328. The summed E-state index contributed by atoms with van der Waals surface area (Å²) < 4.78 is 5.61. The molecule has 6 aromatic carbocycles. The monoisotopic (exact) mass is 517 g/mol. The zero-order chi connectivity index (χ0) is 25.2. The van der Waals surface area contributed by atoms with E-state index in [2.05, 4.69) is 121 Å². The fourth-order valence-electron chi connectivity index (χ4n) is 5.48. The Bertz CT molecular complexity index is 1590. The molecule has 0 aliphatic rings. The largest absolute Gasteiger partial charge is 0.496 e. The van der Waals surface area contributed by atoms with Crippen LogP contribution in [0.3, 0.4) is 0 Å². The standard InChI is InChI=1S/C34H27ClOP/c1-36-33-19-11-18-29-30-21-20-25(34(35)32(30)23-22-31(29)33)24-37(26-12-5-2-6-13-26,27-14-7-3-8-15-27)28-16-9-4-10-17-28/h2-23H,24H2,1H3/q+1. The molecule has 0 N–H and O–H groups in total. The maximum Gasteiger partial charge on any atom is 0.126 e. The first-order valence-electron chi connectivity index (χ1n) is 12.4. The maximum atomic E-state index is 7.27. The second-order valence-electron chi connectivity index (χ2n) is 9.23. The lowest BCUT2D eigenvalue weighted by Gasteiger charge is -2.28. The van der Waals surface area contributed by atoms with Crippen molar-refractivity contribution >= 4 is 56.3 Å². The molecule has 1 nitrogen and oxygen atoms in total. The Morgan fingerprint density at radius 2 is 1.00 bits per heavy atom. The predicted octanol–water partition coefficient (Wildman–Crippen LogP) is 8.15. The highest BCUT2D eigenvalue weighted by molar-refractivity contribution is 7.95. The van der Waals surface area contributed by atoms with Crippen LogP contribution in [0.5, 0.6) is 5.75 Å². The van der Waals surface area contributed by atoms with Gasteiger partial charge in [0, 0.05) is 16.3 Å². The third-order valence-electron chi connectivity index (χ3n) is 7.25. The fourth-order valence-corrected chi connectivity index (χ4v) is 10.1. The van der Waals surface area contributed by atoms with E-state index in [0.717, 1.165) is 38.5 Å². The molecule has 0 radical (unpaired) electrons. The molecular formula is C34H27ClOP+. The Kier molecular flexibility index (Phi) is 6.43. The summed E-state index contributed by atoms with van der Waals surface area (Å²) >= 11 is 7.27. The summed E-state index contributed by atoms with van der Waals surface area (Å²) in [6.45, 7) is 0. The first kappa shape index (κ1) is 23.7. The van der Waals surface area contributed by atoms with Crippen LogP contribution in [0, 0.1) is 0 Å². The van der Waals surface area contributed by atoms with Gasteiger partial charge in [0.25, 0.3) is 0 Å². The molecule has 0 saturated carbocycles. The van der Waals surface area contributed by atoms with Gasteiger partial charge in [-0.1, -0.05) is 96.5 Å². The molecule has 0 aromatic heterocycles. The molecule has 0 fully saturated rings. The quantitative estimate of drug-likeness (QED) is 0.160. The van der Waals surface area contributed by atoms with Crippen LogP contribution in [-0.4, -0.2) is 7.11 Å². The van der Waals surface area contributed by atoms with Crippen molar-refractivity contribution in [1.29, 1.82) is 0 Å². The van der Waals surface area contributed by atoms with Gasteiger partial charge in [0.15, 0.2) is 0 Å². The number of ether oxygens (including phenoxy) is 1. The first-order valence-corrected chi connectivity index (χ1v) is 14.8. The average molecular weight is 518 g/mol. The Hall–Kier alpha value is -3.64. The Labute approximate surface area is 223 Å². The smallest absolute Gasteiger partial charge is 0.126 e. The fraction of sp³-hybridized carbons (Fsp3) is 0.0588. The van der Waals surface area contributed by atoms with Crippen molar-refractivity contribution in [3.05, 3.63) is 144 Å². The van der Waals surface area contributed by atoms with Crippen LogP contribution in [0.2, 0.25) is 5.02 Å². The molecule has 0 atom stereocenters. The van der Waals surface area contributed by atoms with Gasteiger partial charge < -0.3 is 4.74 Å². The number of hydrogen-bond acceptors (Lipinski definition) is 1. The van der Waals surface area contributed by atoms with E-state index in [-0.39, 0.29) is 0 Å². The van der Waals surface area contributed by atoms with Crippen molar-refractivity contribution in [2.45, 2.75) is 6.16 Å². The molecule has 0 bridgehead atoms. The first-order chi connectivity index (χ1) is 18.2. The van der Waals surface area contributed by atoms with Crippen LogP contribution in [0.1, 0.15) is 5.56 Å². The summed E-state index contributed by atoms with van der Waals surface area (Å²) in [6, 6.07) is 47.8. The predicted molar refractivity (Wildman–Crippen MR) is 162 cm³/mol. The van der Waals surface area contributed by atoms with Gasteiger partial charge in [-0.15, -0.1) is 0 Å². The number of rotatable bonds is 6. The number of hydrogen-bond donors (Lipinski definition) is 0. The van der Waals surface area contributed by atoms with Crippen molar-refractivity contribution in [1.82, 2.24) is 0 Å². The van der Waals surface area contributed by atoms with Crippen LogP contribution in [0.15, 0.2) is 133 Å². The van der Waals surface area contributed by atoms with Crippen LogP contribution in [0.25, 0.3) is 21.5 Å². The second kappa shape index (κ2) is 10.0. The SMILES string of the molecule is COc1cccc2c1ccc1c(Cl)c(C[P+](c3ccccc3)(c3ccccc3)c3ccccc3)ccc12. The van der Waals surface area contributed by atoms with E-state index < -0.39 is 7.26 Å². The van der Waals surface area contributed by atoms with Crippen molar-refractivity contribution in [3.8, 4) is 5.75 Å². The highest BCUT2D eigenvalue weighted by Crippen LogP contribution is 2.59. The minimum Gasteiger partial charge on any atom is -0.496 e. The summed E-state index contributed by atoms with van der Waals surface area (Å²) in [6.07, 6.45) is 0.843. The summed E-state index contributed by atoms with van der Waals surface area (Å²) in [5.74, 6) is 0.877. The minimum absolute atomic E-state index is 0.828. The normalized spacial score (nSPS) is 11.6. The molecule has 0 heterocycles. The van der Waals surface area contributed by atoms with Crippen LogP contribution >= 0.6 is 18.9 Å². The molecule has 6 rings (SSSR count). The van der Waals surface area contributed by atoms with Gasteiger partial charge in [-0.2, -0.15) is 0 Å². The molecular weight excluding hydrogens is 491 g/mol. The third-order valence-corrected chi connectivity index (χ3v) is 12.1. The van der Waals surface area contributed by atoms with Gasteiger partial charge in [0.1, 0.15) is 28.9 Å². The molecule has 0 saturated heterocycles. The lowest BCUT2D eigenvalue weighted by atomic mass is 10.00. The summed E-state index contributed by atoms with van der Waals surface area (Å²) in [5.41, 5.74) is 1.17. The minimum atomic E-state index is -2.05. The molecule has 6 aromatic rings. The maximum absolute atomic E-state index is 7.27. The molecule has 0 spiro atoms. The lowest BCUT2D eigenvalue weighted by Crippen LogP contribution is -2.32. The van der Waals surface area contributed by atoms with Crippen molar-refractivity contribution < 1.29 is 4.74 Å². The van der Waals surface area contributed by atoms with Gasteiger partial charge in [-0.3, -0.25) is 0 Å². The molecule has 37 heavy (non-hydrogen) atoms. The lowest BCUT2D eigenvalue weighted by molar-refractivity contribution is 0.420. The summed E-state index contributed by atoms with van der Waals surface area (Å²) in [4.78, 5) is 0. The molecule has 0 unspecified atom stereocenters. The van der Waals surface area contributed by atoms with E-state index in [9.17, 15) is 0 Å².